The molecule has 2 saturated heterocycles. The monoisotopic (exact) mass is 329 g/mol. The van der Waals surface area contributed by atoms with Gasteiger partial charge in [-0.05, 0) is 37.4 Å². The van der Waals surface area contributed by atoms with E-state index in [1.165, 1.54) is 6.42 Å². The van der Waals surface area contributed by atoms with Crippen molar-refractivity contribution in [3.8, 4) is 0 Å². The topological polar surface area (TPSA) is 52.7 Å². The van der Waals surface area contributed by atoms with Crippen LogP contribution in [0.15, 0.2) is 24.3 Å². The number of nitrogens with zero attached hydrogens (tertiary/aromatic N) is 2. The minimum absolute atomic E-state index is 0.161. The van der Waals surface area contributed by atoms with Gasteiger partial charge in [0.2, 0.25) is 11.8 Å². The van der Waals surface area contributed by atoms with Gasteiger partial charge in [-0.15, -0.1) is 0 Å². The first-order chi connectivity index (χ1) is 11.6. The van der Waals surface area contributed by atoms with Gasteiger partial charge in [0.05, 0.1) is 6.42 Å². The summed E-state index contributed by atoms with van der Waals surface area (Å²) in [5.74, 6) is 0.384. The van der Waals surface area contributed by atoms with Crippen molar-refractivity contribution in [2.24, 2.45) is 0 Å². The van der Waals surface area contributed by atoms with Crippen LogP contribution in [0.3, 0.4) is 0 Å². The molecule has 3 rings (SSSR count). The summed E-state index contributed by atoms with van der Waals surface area (Å²) >= 11 is 0. The van der Waals surface area contributed by atoms with Crippen molar-refractivity contribution in [1.29, 1.82) is 0 Å². The van der Waals surface area contributed by atoms with E-state index in [2.05, 4.69) is 5.32 Å². The lowest BCUT2D eigenvalue weighted by Crippen LogP contribution is -2.51. The van der Waals surface area contributed by atoms with Gasteiger partial charge in [0, 0.05) is 38.6 Å². The summed E-state index contributed by atoms with van der Waals surface area (Å²) in [7, 11) is 0. The second-order valence-corrected chi connectivity index (χ2v) is 6.86. The maximum Gasteiger partial charge on any atom is 0.227 e. The van der Waals surface area contributed by atoms with Gasteiger partial charge >= 0.3 is 0 Å². The number of piperazine rings is 1. The van der Waals surface area contributed by atoms with E-state index >= 15 is 0 Å². The Morgan fingerprint density at radius 1 is 1.08 bits per heavy atom. The summed E-state index contributed by atoms with van der Waals surface area (Å²) in [5.41, 5.74) is 2.25. The quantitative estimate of drug-likeness (QED) is 0.907. The average molecular weight is 329 g/mol. The molecule has 5 heteroatoms. The molecule has 0 saturated carbocycles. The van der Waals surface area contributed by atoms with Crippen LogP contribution in [0.4, 0.5) is 0 Å². The fraction of sp³-hybridized carbons (Fsp3) is 0.579. The van der Waals surface area contributed by atoms with Gasteiger partial charge in [0.25, 0.3) is 0 Å². The summed E-state index contributed by atoms with van der Waals surface area (Å²) < 4.78 is 0. The highest BCUT2D eigenvalue weighted by Crippen LogP contribution is 2.14. The zero-order valence-electron chi connectivity index (χ0n) is 14.5. The third kappa shape index (κ3) is 4.15. The van der Waals surface area contributed by atoms with Gasteiger partial charge in [-0.3, -0.25) is 9.59 Å². The van der Waals surface area contributed by atoms with Crippen molar-refractivity contribution in [2.45, 2.75) is 38.6 Å². The van der Waals surface area contributed by atoms with Crippen LogP contribution >= 0.6 is 0 Å². The SMILES string of the molecule is Cc1ccccc1CC(=O)N1CCN(C(=O)CC2CCCN2)CC1. The Morgan fingerprint density at radius 3 is 2.38 bits per heavy atom. The summed E-state index contributed by atoms with van der Waals surface area (Å²) in [6, 6.07) is 8.37. The lowest BCUT2D eigenvalue weighted by molar-refractivity contribution is -0.139. The molecule has 0 radical (unpaired) electrons. The Bertz CT molecular complexity index is 588. The Hall–Kier alpha value is -1.88. The number of nitrogens with one attached hydrogen (secondary N) is 1. The molecule has 1 N–H and O–H groups in total. The van der Waals surface area contributed by atoms with Gasteiger partial charge in [-0.1, -0.05) is 24.3 Å². The average Bonchev–Trinajstić information content (AvgIpc) is 3.10. The van der Waals surface area contributed by atoms with Crippen LogP contribution in [-0.4, -0.2) is 60.4 Å². The fourth-order valence-corrected chi connectivity index (χ4v) is 3.56. The van der Waals surface area contributed by atoms with Crippen LogP contribution in [0.1, 0.15) is 30.4 Å². The number of aryl methyl sites for hydroxylation is 1. The normalized spacial score (nSPS) is 21.1. The first kappa shape index (κ1) is 17.0. The number of hydrogen-bond acceptors (Lipinski definition) is 3. The van der Waals surface area contributed by atoms with Gasteiger partial charge in [0.15, 0.2) is 0 Å². The molecule has 2 aliphatic rings. The molecule has 2 amide bonds. The third-order valence-electron chi connectivity index (χ3n) is 5.17. The standard InChI is InChI=1S/C19H27N3O2/c1-15-5-2-3-6-16(15)13-18(23)21-9-11-22(12-10-21)19(24)14-17-7-4-8-20-17/h2-3,5-6,17,20H,4,7-14H2,1H3. The third-order valence-corrected chi connectivity index (χ3v) is 5.17. The van der Waals surface area contributed by atoms with Gasteiger partial charge < -0.3 is 15.1 Å². The van der Waals surface area contributed by atoms with Crippen LogP contribution in [0, 0.1) is 6.92 Å². The van der Waals surface area contributed by atoms with E-state index in [0.717, 1.165) is 24.1 Å². The van der Waals surface area contributed by atoms with E-state index in [0.29, 0.717) is 45.1 Å². The van der Waals surface area contributed by atoms with E-state index < -0.39 is 0 Å². The summed E-state index contributed by atoms with van der Waals surface area (Å²) in [6.45, 7) is 5.68. The first-order valence-corrected chi connectivity index (χ1v) is 8.97. The van der Waals surface area contributed by atoms with Gasteiger partial charge in [-0.25, -0.2) is 0 Å². The molecule has 0 bridgehead atoms. The van der Waals surface area contributed by atoms with E-state index in [-0.39, 0.29) is 11.8 Å². The van der Waals surface area contributed by atoms with Crippen molar-refractivity contribution in [3.05, 3.63) is 35.4 Å². The molecule has 0 aromatic heterocycles. The molecule has 1 unspecified atom stereocenters. The van der Waals surface area contributed by atoms with Crippen LogP contribution in [0.5, 0.6) is 0 Å². The molecule has 130 valence electrons. The lowest BCUT2D eigenvalue weighted by atomic mass is 10.1. The number of hydrogen-bond donors (Lipinski definition) is 1. The van der Waals surface area contributed by atoms with Crippen molar-refractivity contribution in [3.63, 3.8) is 0 Å². The Kier molecular flexibility index (Phi) is 5.51. The van der Waals surface area contributed by atoms with E-state index in [1.54, 1.807) is 0 Å². The fourth-order valence-electron chi connectivity index (χ4n) is 3.56. The highest BCUT2D eigenvalue weighted by molar-refractivity contribution is 5.80. The van der Waals surface area contributed by atoms with Crippen LogP contribution in [-0.2, 0) is 16.0 Å². The Balaban J connectivity index is 1.46. The van der Waals surface area contributed by atoms with Crippen LogP contribution in [0.2, 0.25) is 0 Å². The van der Waals surface area contributed by atoms with Crippen molar-refractivity contribution >= 4 is 11.8 Å². The predicted octanol–water partition coefficient (Wildman–Crippen LogP) is 1.35. The molecule has 1 atom stereocenters. The molecule has 5 nitrogen and oxygen atoms in total. The molecule has 0 aliphatic carbocycles. The maximum absolute atomic E-state index is 12.5. The molecule has 2 aliphatic heterocycles. The second kappa shape index (κ2) is 7.79. The van der Waals surface area contributed by atoms with Crippen molar-refractivity contribution < 1.29 is 9.59 Å². The number of carbonyl (C=O) groups is 2. The Labute approximate surface area is 144 Å². The zero-order valence-corrected chi connectivity index (χ0v) is 14.5. The smallest absolute Gasteiger partial charge is 0.227 e. The molecule has 2 heterocycles. The van der Waals surface area contributed by atoms with Crippen LogP contribution < -0.4 is 5.32 Å². The number of rotatable bonds is 4. The van der Waals surface area contributed by atoms with E-state index in [9.17, 15) is 9.59 Å². The molecule has 1 aromatic rings. The predicted molar refractivity (Wildman–Crippen MR) is 93.7 cm³/mol. The summed E-state index contributed by atoms with van der Waals surface area (Å²) in [6.07, 6.45) is 3.31. The number of amides is 2. The minimum atomic E-state index is 0.161. The second-order valence-electron chi connectivity index (χ2n) is 6.86. The minimum Gasteiger partial charge on any atom is -0.339 e. The number of benzene rings is 1. The van der Waals surface area contributed by atoms with Gasteiger partial charge in [-0.2, -0.15) is 0 Å². The highest BCUT2D eigenvalue weighted by Gasteiger charge is 2.26. The number of carbonyl (C=O) groups excluding carboxylic acids is 2. The summed E-state index contributed by atoms with van der Waals surface area (Å²) in [4.78, 5) is 28.6. The molecule has 24 heavy (non-hydrogen) atoms. The molecule has 2 fully saturated rings. The lowest BCUT2D eigenvalue weighted by Gasteiger charge is -2.35. The van der Waals surface area contributed by atoms with E-state index in [1.807, 2.05) is 41.0 Å². The van der Waals surface area contributed by atoms with E-state index in [4.69, 9.17) is 0 Å². The maximum atomic E-state index is 12.5. The summed E-state index contributed by atoms with van der Waals surface area (Å²) in [5, 5.41) is 3.37. The Morgan fingerprint density at radius 2 is 1.75 bits per heavy atom. The molecule has 0 spiro atoms. The molecular weight excluding hydrogens is 302 g/mol. The van der Waals surface area contributed by atoms with Crippen molar-refractivity contribution in [2.75, 3.05) is 32.7 Å². The highest BCUT2D eigenvalue weighted by atomic mass is 16.2. The zero-order chi connectivity index (χ0) is 16.9. The van der Waals surface area contributed by atoms with Crippen LogP contribution in [0.25, 0.3) is 0 Å². The van der Waals surface area contributed by atoms with Gasteiger partial charge in [0.1, 0.15) is 0 Å². The largest absolute Gasteiger partial charge is 0.339 e. The molecular formula is C19H27N3O2. The van der Waals surface area contributed by atoms with Crippen molar-refractivity contribution in [1.82, 2.24) is 15.1 Å². The first-order valence-electron chi connectivity index (χ1n) is 8.97. The molecule has 1 aromatic carbocycles.